The number of aromatic amines is 1. The minimum absolute atomic E-state index is 0.197. The number of anilines is 1. The SMILES string of the molecule is CCc1nnc(-c2[nH]c(C)c(S(=O)(=O)Nc3cc(C)cc(C)c3)c2C)o1. The van der Waals surface area contributed by atoms with Crippen molar-refractivity contribution in [3.05, 3.63) is 46.5 Å². The van der Waals surface area contributed by atoms with Gasteiger partial charge in [0, 0.05) is 23.4 Å². The Hall–Kier alpha value is -2.61. The summed E-state index contributed by atoms with van der Waals surface area (Å²) in [6, 6.07) is 5.59. The molecule has 138 valence electrons. The molecule has 3 aromatic rings. The van der Waals surface area contributed by atoms with Crippen LogP contribution in [0.4, 0.5) is 5.69 Å². The summed E-state index contributed by atoms with van der Waals surface area (Å²) in [5.41, 5.74) is 4.11. The molecule has 0 saturated carbocycles. The fourth-order valence-corrected chi connectivity index (χ4v) is 4.58. The molecule has 2 aromatic heterocycles. The van der Waals surface area contributed by atoms with Gasteiger partial charge in [-0.3, -0.25) is 4.72 Å². The summed E-state index contributed by atoms with van der Waals surface area (Å²) in [4.78, 5) is 3.26. The van der Waals surface area contributed by atoms with E-state index in [2.05, 4.69) is 19.9 Å². The summed E-state index contributed by atoms with van der Waals surface area (Å²) in [5, 5.41) is 7.94. The van der Waals surface area contributed by atoms with Crippen LogP contribution in [-0.2, 0) is 16.4 Å². The molecule has 26 heavy (non-hydrogen) atoms. The van der Waals surface area contributed by atoms with Crippen LogP contribution in [0.15, 0.2) is 27.5 Å². The maximum absolute atomic E-state index is 13.0. The third kappa shape index (κ3) is 3.37. The number of hydrogen-bond acceptors (Lipinski definition) is 5. The highest BCUT2D eigenvalue weighted by atomic mass is 32.2. The second kappa shape index (κ2) is 6.60. The van der Waals surface area contributed by atoms with Gasteiger partial charge in [0.1, 0.15) is 10.6 Å². The number of rotatable bonds is 5. The molecule has 0 spiro atoms. The molecule has 7 nitrogen and oxygen atoms in total. The lowest BCUT2D eigenvalue weighted by molar-refractivity contribution is 0.511. The van der Waals surface area contributed by atoms with Crippen molar-refractivity contribution in [2.24, 2.45) is 0 Å². The van der Waals surface area contributed by atoms with Gasteiger partial charge in [-0.25, -0.2) is 8.42 Å². The van der Waals surface area contributed by atoms with Crippen LogP contribution in [0.3, 0.4) is 0 Å². The van der Waals surface area contributed by atoms with Crippen LogP contribution in [-0.4, -0.2) is 23.6 Å². The number of H-pyrrole nitrogens is 1. The zero-order valence-electron chi connectivity index (χ0n) is 15.5. The fraction of sp³-hybridized carbons (Fsp3) is 0.333. The Morgan fingerprint density at radius 2 is 1.73 bits per heavy atom. The highest BCUT2D eigenvalue weighted by molar-refractivity contribution is 7.92. The van der Waals surface area contributed by atoms with E-state index in [1.165, 1.54) is 0 Å². The second-order valence-electron chi connectivity index (χ2n) is 6.42. The van der Waals surface area contributed by atoms with Gasteiger partial charge in [0.2, 0.25) is 5.89 Å². The zero-order chi connectivity index (χ0) is 19.1. The van der Waals surface area contributed by atoms with Crippen molar-refractivity contribution >= 4 is 15.7 Å². The summed E-state index contributed by atoms with van der Waals surface area (Å²) >= 11 is 0. The van der Waals surface area contributed by atoms with E-state index in [0.717, 1.165) is 11.1 Å². The van der Waals surface area contributed by atoms with E-state index in [9.17, 15) is 8.42 Å². The van der Waals surface area contributed by atoms with Crippen LogP contribution in [0.1, 0.15) is 35.2 Å². The van der Waals surface area contributed by atoms with Gasteiger partial charge in [0.25, 0.3) is 15.9 Å². The summed E-state index contributed by atoms with van der Waals surface area (Å²) < 4.78 is 34.2. The molecule has 1 aromatic carbocycles. The van der Waals surface area contributed by atoms with Gasteiger partial charge in [-0.1, -0.05) is 13.0 Å². The van der Waals surface area contributed by atoms with Gasteiger partial charge in [0.05, 0.1) is 0 Å². The minimum Gasteiger partial charge on any atom is -0.419 e. The van der Waals surface area contributed by atoms with Gasteiger partial charge in [0.15, 0.2) is 0 Å². The molecule has 0 atom stereocenters. The van der Waals surface area contributed by atoms with Crippen LogP contribution in [0.5, 0.6) is 0 Å². The number of aromatic nitrogens is 3. The van der Waals surface area contributed by atoms with Crippen molar-refractivity contribution in [3.8, 4) is 11.6 Å². The summed E-state index contributed by atoms with van der Waals surface area (Å²) in [6.45, 7) is 9.20. The Balaban J connectivity index is 2.02. The van der Waals surface area contributed by atoms with Crippen LogP contribution >= 0.6 is 0 Å². The Morgan fingerprint density at radius 3 is 2.31 bits per heavy atom. The van der Waals surface area contributed by atoms with Crippen molar-refractivity contribution in [2.45, 2.75) is 45.9 Å². The predicted molar refractivity (Wildman–Crippen MR) is 99.7 cm³/mol. The van der Waals surface area contributed by atoms with Crippen molar-refractivity contribution in [3.63, 3.8) is 0 Å². The van der Waals surface area contributed by atoms with E-state index >= 15 is 0 Å². The predicted octanol–water partition coefficient (Wildman–Crippen LogP) is 3.66. The molecule has 2 heterocycles. The molecule has 0 aliphatic rings. The average molecular weight is 374 g/mol. The molecular formula is C18H22N4O3S. The van der Waals surface area contributed by atoms with Crippen molar-refractivity contribution < 1.29 is 12.8 Å². The highest BCUT2D eigenvalue weighted by Gasteiger charge is 2.26. The average Bonchev–Trinajstić information content (AvgIpc) is 3.10. The molecular weight excluding hydrogens is 352 g/mol. The third-order valence-corrected chi connectivity index (χ3v) is 5.75. The molecule has 3 rings (SSSR count). The standard InChI is InChI=1S/C18H22N4O3S/c1-6-15-20-21-18(25-15)16-12(4)17(13(5)19-16)26(23,24)22-14-8-10(2)7-11(3)9-14/h7-9,19,22H,6H2,1-5H3. The van der Waals surface area contributed by atoms with Gasteiger partial charge < -0.3 is 9.40 Å². The van der Waals surface area contributed by atoms with E-state index < -0.39 is 10.0 Å². The molecule has 0 aliphatic heterocycles. The van der Waals surface area contributed by atoms with Crippen LogP contribution in [0.2, 0.25) is 0 Å². The van der Waals surface area contributed by atoms with Crippen molar-refractivity contribution in [1.29, 1.82) is 0 Å². The van der Waals surface area contributed by atoms with E-state index in [-0.39, 0.29) is 10.8 Å². The van der Waals surface area contributed by atoms with E-state index in [1.807, 2.05) is 26.8 Å². The van der Waals surface area contributed by atoms with Crippen molar-refractivity contribution in [2.75, 3.05) is 4.72 Å². The molecule has 0 unspecified atom stereocenters. The first-order chi connectivity index (χ1) is 12.2. The molecule has 0 bridgehead atoms. The monoisotopic (exact) mass is 374 g/mol. The fourth-order valence-electron chi connectivity index (χ4n) is 3.09. The van der Waals surface area contributed by atoms with Gasteiger partial charge >= 0.3 is 0 Å². The quantitative estimate of drug-likeness (QED) is 0.710. The van der Waals surface area contributed by atoms with Crippen LogP contribution in [0.25, 0.3) is 11.6 Å². The normalized spacial score (nSPS) is 11.7. The van der Waals surface area contributed by atoms with Gasteiger partial charge in [-0.05, 0) is 51.0 Å². The van der Waals surface area contributed by atoms with Gasteiger partial charge in [-0.2, -0.15) is 0 Å². The lowest BCUT2D eigenvalue weighted by Crippen LogP contribution is -2.14. The van der Waals surface area contributed by atoms with Crippen LogP contribution in [0, 0.1) is 27.7 Å². The smallest absolute Gasteiger partial charge is 0.264 e. The minimum atomic E-state index is -3.77. The van der Waals surface area contributed by atoms with Gasteiger partial charge in [-0.15, -0.1) is 10.2 Å². The van der Waals surface area contributed by atoms with E-state index in [1.54, 1.807) is 26.0 Å². The van der Waals surface area contributed by atoms with E-state index in [0.29, 0.717) is 35.0 Å². The molecule has 0 fully saturated rings. The number of nitrogens with one attached hydrogen (secondary N) is 2. The first-order valence-corrected chi connectivity index (χ1v) is 9.82. The molecule has 2 N–H and O–H groups in total. The Morgan fingerprint density at radius 1 is 1.08 bits per heavy atom. The number of nitrogens with zero attached hydrogens (tertiary/aromatic N) is 2. The number of aryl methyl sites for hydroxylation is 4. The lowest BCUT2D eigenvalue weighted by Gasteiger charge is -2.10. The molecule has 8 heteroatoms. The molecule has 0 saturated heterocycles. The largest absolute Gasteiger partial charge is 0.419 e. The zero-order valence-corrected chi connectivity index (χ0v) is 16.3. The Bertz CT molecular complexity index is 1040. The maximum Gasteiger partial charge on any atom is 0.264 e. The van der Waals surface area contributed by atoms with E-state index in [4.69, 9.17) is 4.42 Å². The Labute approximate surface area is 152 Å². The maximum atomic E-state index is 13.0. The molecule has 0 amide bonds. The summed E-state index contributed by atoms with van der Waals surface area (Å²) in [7, 11) is -3.77. The summed E-state index contributed by atoms with van der Waals surface area (Å²) in [6.07, 6.45) is 0.616. The third-order valence-electron chi connectivity index (χ3n) is 4.09. The molecule has 0 radical (unpaired) electrons. The van der Waals surface area contributed by atoms with Crippen molar-refractivity contribution in [1.82, 2.24) is 15.2 Å². The molecule has 0 aliphatic carbocycles. The number of sulfonamides is 1. The topological polar surface area (TPSA) is 101 Å². The number of hydrogen-bond donors (Lipinski definition) is 2. The van der Waals surface area contributed by atoms with Crippen LogP contribution < -0.4 is 4.72 Å². The summed E-state index contributed by atoms with van der Waals surface area (Å²) in [5.74, 6) is 0.791. The highest BCUT2D eigenvalue weighted by Crippen LogP contribution is 2.31. The number of benzene rings is 1. The second-order valence-corrected chi connectivity index (χ2v) is 8.03. The lowest BCUT2D eigenvalue weighted by atomic mass is 10.1. The Kier molecular flexibility index (Phi) is 4.62. The first kappa shape index (κ1) is 18.2. The first-order valence-electron chi connectivity index (χ1n) is 8.34.